The van der Waals surface area contributed by atoms with Gasteiger partial charge >= 0.3 is 0 Å². The van der Waals surface area contributed by atoms with Gasteiger partial charge in [0, 0.05) is 18.2 Å². The number of hydrogen-bond donors (Lipinski definition) is 1. The van der Waals surface area contributed by atoms with Crippen molar-refractivity contribution in [2.24, 2.45) is 4.99 Å². The van der Waals surface area contributed by atoms with Gasteiger partial charge in [0.2, 0.25) is 5.66 Å². The van der Waals surface area contributed by atoms with E-state index in [1.54, 1.807) is 37.6 Å². The van der Waals surface area contributed by atoms with E-state index in [0.29, 0.717) is 17.1 Å². The first kappa shape index (κ1) is 18.7. The minimum absolute atomic E-state index is 0.259. The summed E-state index contributed by atoms with van der Waals surface area (Å²) in [6, 6.07) is 16.3. The zero-order valence-corrected chi connectivity index (χ0v) is 16.3. The topological polar surface area (TPSA) is 71.0 Å². The molecule has 2 aromatic carbocycles. The molecule has 2 aliphatic heterocycles. The summed E-state index contributed by atoms with van der Waals surface area (Å²) in [6.07, 6.45) is 5.64. The summed E-state index contributed by atoms with van der Waals surface area (Å²) in [5.74, 6) is 0.533. The summed E-state index contributed by atoms with van der Waals surface area (Å²) in [5, 5.41) is 2.89. The van der Waals surface area contributed by atoms with Crippen LogP contribution in [0.3, 0.4) is 0 Å². The predicted molar refractivity (Wildman–Crippen MR) is 111 cm³/mol. The quantitative estimate of drug-likeness (QED) is 0.857. The lowest BCUT2D eigenvalue weighted by Crippen LogP contribution is -2.55. The fraction of sp³-hybridized carbons (Fsp3) is 0.174. The Kier molecular flexibility index (Phi) is 4.76. The molecular weight excluding hydrogens is 366 g/mol. The van der Waals surface area contributed by atoms with Crippen molar-refractivity contribution in [3.8, 4) is 5.75 Å². The van der Waals surface area contributed by atoms with E-state index in [-0.39, 0.29) is 18.2 Å². The maximum Gasteiger partial charge on any atom is 0.281 e. The van der Waals surface area contributed by atoms with E-state index in [4.69, 9.17) is 4.74 Å². The van der Waals surface area contributed by atoms with Gasteiger partial charge in [0.15, 0.2) is 0 Å². The minimum Gasteiger partial charge on any atom is -0.497 e. The van der Waals surface area contributed by atoms with Crippen LogP contribution in [0, 0.1) is 0 Å². The Morgan fingerprint density at radius 2 is 1.86 bits per heavy atom. The van der Waals surface area contributed by atoms with Crippen LogP contribution in [-0.2, 0) is 11.2 Å². The molecule has 2 amide bonds. The van der Waals surface area contributed by atoms with Gasteiger partial charge in [0.25, 0.3) is 11.8 Å². The summed E-state index contributed by atoms with van der Waals surface area (Å²) in [5.41, 5.74) is 0.923. The molecule has 0 radical (unpaired) electrons. The van der Waals surface area contributed by atoms with Gasteiger partial charge in [-0.3, -0.25) is 14.5 Å². The highest BCUT2D eigenvalue weighted by molar-refractivity contribution is 6.15. The standard InChI is InChI=1S/C23H21N3O3/c1-16-12-13-26-20(14-16)24-23(22(26)28,15-17-6-4-3-5-7-17)25-21(27)18-8-10-19(29-2)11-9-18/h3-14H,15H2,1-2H3,(H,25,27). The number of aliphatic imine (C=N–C) groups is 1. The highest BCUT2D eigenvalue weighted by Crippen LogP contribution is 2.29. The Bertz CT molecular complexity index is 1040. The number of benzene rings is 2. The number of amidine groups is 1. The van der Waals surface area contributed by atoms with Gasteiger partial charge in [-0.15, -0.1) is 0 Å². The number of allylic oxidation sites excluding steroid dienone is 2. The predicted octanol–water partition coefficient (Wildman–Crippen LogP) is 3.08. The lowest BCUT2D eigenvalue weighted by atomic mass is 9.98. The van der Waals surface area contributed by atoms with E-state index in [1.807, 2.05) is 49.4 Å². The molecule has 1 N–H and O–H groups in total. The fourth-order valence-electron chi connectivity index (χ4n) is 3.42. The smallest absolute Gasteiger partial charge is 0.281 e. The summed E-state index contributed by atoms with van der Waals surface area (Å²) in [4.78, 5) is 32.5. The molecule has 29 heavy (non-hydrogen) atoms. The fourth-order valence-corrected chi connectivity index (χ4v) is 3.42. The van der Waals surface area contributed by atoms with Crippen LogP contribution in [-0.4, -0.2) is 35.3 Å². The van der Waals surface area contributed by atoms with Gasteiger partial charge in [-0.2, -0.15) is 0 Å². The second-order valence-electron chi connectivity index (χ2n) is 7.05. The van der Waals surface area contributed by atoms with Crippen LogP contribution in [0.15, 0.2) is 83.5 Å². The van der Waals surface area contributed by atoms with Gasteiger partial charge in [-0.1, -0.05) is 30.3 Å². The average molecular weight is 387 g/mol. The van der Waals surface area contributed by atoms with Crippen LogP contribution in [0.2, 0.25) is 0 Å². The van der Waals surface area contributed by atoms with Crippen LogP contribution < -0.4 is 10.1 Å². The lowest BCUT2D eigenvalue weighted by Gasteiger charge is -2.27. The number of fused-ring (bicyclic) bond motifs is 1. The number of nitrogens with one attached hydrogen (secondary N) is 1. The van der Waals surface area contributed by atoms with Crippen LogP contribution in [0.5, 0.6) is 5.75 Å². The van der Waals surface area contributed by atoms with Crippen LogP contribution in [0.1, 0.15) is 22.8 Å². The SMILES string of the molecule is COc1ccc(C(=O)NC2(Cc3ccccc3)N=C3C=C(C)C=CN3C2=O)cc1. The minimum atomic E-state index is -1.40. The molecule has 2 aromatic rings. The third-order valence-corrected chi connectivity index (χ3v) is 4.94. The Morgan fingerprint density at radius 3 is 2.55 bits per heavy atom. The van der Waals surface area contributed by atoms with Crippen LogP contribution >= 0.6 is 0 Å². The van der Waals surface area contributed by atoms with Crippen molar-refractivity contribution >= 4 is 17.6 Å². The van der Waals surface area contributed by atoms with Crippen LogP contribution in [0.4, 0.5) is 0 Å². The Balaban J connectivity index is 1.70. The third-order valence-electron chi connectivity index (χ3n) is 4.94. The molecule has 0 aromatic heterocycles. The van der Waals surface area contributed by atoms with Crippen LogP contribution in [0.25, 0.3) is 0 Å². The normalized spacial score (nSPS) is 20.1. The van der Waals surface area contributed by atoms with Gasteiger partial charge < -0.3 is 10.1 Å². The highest BCUT2D eigenvalue weighted by atomic mass is 16.5. The Labute approximate surface area is 169 Å². The molecule has 146 valence electrons. The lowest BCUT2D eigenvalue weighted by molar-refractivity contribution is -0.130. The molecule has 0 fully saturated rings. The van der Waals surface area contributed by atoms with Gasteiger partial charge in [0.05, 0.1) is 7.11 Å². The monoisotopic (exact) mass is 387 g/mol. The van der Waals surface area contributed by atoms with E-state index >= 15 is 0 Å². The summed E-state index contributed by atoms with van der Waals surface area (Å²) < 4.78 is 5.14. The highest BCUT2D eigenvalue weighted by Gasteiger charge is 2.49. The third kappa shape index (κ3) is 3.57. The van der Waals surface area contributed by atoms with Gasteiger partial charge in [-0.25, -0.2) is 4.99 Å². The van der Waals surface area contributed by atoms with E-state index in [0.717, 1.165) is 11.1 Å². The zero-order valence-electron chi connectivity index (χ0n) is 16.3. The van der Waals surface area contributed by atoms with Crippen molar-refractivity contribution < 1.29 is 14.3 Å². The second kappa shape index (κ2) is 7.39. The molecule has 6 nitrogen and oxygen atoms in total. The van der Waals surface area contributed by atoms with Gasteiger partial charge in [-0.05, 0) is 54.5 Å². The van der Waals surface area contributed by atoms with E-state index in [2.05, 4.69) is 10.3 Å². The molecule has 4 rings (SSSR count). The number of rotatable bonds is 5. The zero-order chi connectivity index (χ0) is 20.4. The number of ether oxygens (including phenoxy) is 1. The largest absolute Gasteiger partial charge is 0.497 e. The number of amides is 2. The second-order valence-corrected chi connectivity index (χ2v) is 7.05. The maximum atomic E-state index is 13.3. The Morgan fingerprint density at radius 1 is 1.14 bits per heavy atom. The molecule has 1 atom stereocenters. The number of carbonyl (C=O) groups excluding carboxylic acids is 2. The summed E-state index contributed by atoms with van der Waals surface area (Å²) in [7, 11) is 1.57. The van der Waals surface area contributed by atoms with Crippen molar-refractivity contribution in [1.82, 2.24) is 10.2 Å². The number of nitrogens with zero attached hydrogens (tertiary/aromatic N) is 2. The maximum absolute atomic E-state index is 13.3. The Hall–Kier alpha value is -3.67. The first-order chi connectivity index (χ1) is 14.0. The molecule has 0 aliphatic carbocycles. The van der Waals surface area contributed by atoms with E-state index < -0.39 is 5.66 Å². The molecule has 0 spiro atoms. The number of methoxy groups -OCH3 is 1. The van der Waals surface area contributed by atoms with Crippen molar-refractivity contribution in [3.05, 3.63) is 89.6 Å². The number of hydrogen-bond acceptors (Lipinski definition) is 4. The average Bonchev–Trinajstić information content (AvgIpc) is 2.99. The van der Waals surface area contributed by atoms with Crippen molar-refractivity contribution in [1.29, 1.82) is 0 Å². The molecule has 2 aliphatic rings. The first-order valence-corrected chi connectivity index (χ1v) is 9.31. The number of carbonyl (C=O) groups is 2. The van der Waals surface area contributed by atoms with Gasteiger partial charge in [0.1, 0.15) is 11.6 Å². The van der Waals surface area contributed by atoms with E-state index in [1.165, 1.54) is 4.90 Å². The molecule has 0 saturated carbocycles. The van der Waals surface area contributed by atoms with Crippen molar-refractivity contribution in [2.75, 3.05) is 7.11 Å². The molecule has 0 saturated heterocycles. The summed E-state index contributed by atoms with van der Waals surface area (Å²) >= 11 is 0. The molecule has 1 unspecified atom stereocenters. The van der Waals surface area contributed by atoms with E-state index in [9.17, 15) is 9.59 Å². The summed E-state index contributed by atoms with van der Waals surface area (Å²) in [6.45, 7) is 1.94. The van der Waals surface area contributed by atoms with Crippen molar-refractivity contribution in [3.63, 3.8) is 0 Å². The molecular formula is C23H21N3O3. The molecule has 6 heteroatoms. The van der Waals surface area contributed by atoms with Crippen molar-refractivity contribution in [2.45, 2.75) is 19.0 Å². The molecule has 2 heterocycles. The molecule has 0 bridgehead atoms. The first-order valence-electron chi connectivity index (χ1n) is 9.31.